The van der Waals surface area contributed by atoms with Crippen LogP contribution in [0.1, 0.15) is 39.0 Å². The summed E-state index contributed by atoms with van der Waals surface area (Å²) in [7, 11) is -3.28. The maximum atomic E-state index is 12.4. The van der Waals surface area contributed by atoms with Gasteiger partial charge in [-0.3, -0.25) is 4.79 Å². The maximum Gasteiger partial charge on any atom is 0.281 e. The molecule has 0 spiro atoms. The zero-order valence-electron chi connectivity index (χ0n) is 11.0. The standard InChI is InChI=1S/C12H22N2O3S/c1-11(15)12-5-9-14(10-6-12)18(16,17)13-7-3-2-4-8-13/h12H,2-10H2,1H3. The highest BCUT2D eigenvalue weighted by atomic mass is 32.2. The molecule has 2 heterocycles. The molecule has 0 amide bonds. The van der Waals surface area contributed by atoms with Crippen LogP contribution in [0.4, 0.5) is 0 Å². The summed E-state index contributed by atoms with van der Waals surface area (Å²) in [6.07, 6.45) is 4.38. The van der Waals surface area contributed by atoms with Gasteiger partial charge in [-0.05, 0) is 32.6 Å². The molecule has 0 aromatic heterocycles. The minimum Gasteiger partial charge on any atom is -0.300 e. The number of hydrogen-bond acceptors (Lipinski definition) is 3. The van der Waals surface area contributed by atoms with Gasteiger partial charge in [0.1, 0.15) is 5.78 Å². The largest absolute Gasteiger partial charge is 0.300 e. The quantitative estimate of drug-likeness (QED) is 0.772. The lowest BCUT2D eigenvalue weighted by atomic mass is 9.95. The number of carbonyl (C=O) groups is 1. The summed E-state index contributed by atoms with van der Waals surface area (Å²) in [4.78, 5) is 11.3. The van der Waals surface area contributed by atoms with Crippen molar-refractivity contribution < 1.29 is 13.2 Å². The van der Waals surface area contributed by atoms with Crippen molar-refractivity contribution in [2.75, 3.05) is 26.2 Å². The average molecular weight is 274 g/mol. The van der Waals surface area contributed by atoms with Gasteiger partial charge >= 0.3 is 0 Å². The molecule has 0 radical (unpaired) electrons. The number of piperidine rings is 2. The third-order valence-electron chi connectivity index (χ3n) is 4.00. The second kappa shape index (κ2) is 5.67. The lowest BCUT2D eigenvalue weighted by molar-refractivity contribution is -0.121. The average Bonchev–Trinajstić information content (AvgIpc) is 2.40. The van der Waals surface area contributed by atoms with Crippen LogP contribution in [0.3, 0.4) is 0 Å². The van der Waals surface area contributed by atoms with Crippen LogP contribution in [0.2, 0.25) is 0 Å². The summed E-state index contributed by atoms with van der Waals surface area (Å²) in [6.45, 7) is 3.87. The number of ketones is 1. The molecule has 2 aliphatic heterocycles. The molecule has 18 heavy (non-hydrogen) atoms. The van der Waals surface area contributed by atoms with E-state index < -0.39 is 10.2 Å². The Bertz CT molecular complexity index is 394. The molecule has 2 aliphatic rings. The fraction of sp³-hybridized carbons (Fsp3) is 0.917. The smallest absolute Gasteiger partial charge is 0.281 e. The second-order valence-electron chi connectivity index (χ2n) is 5.25. The topological polar surface area (TPSA) is 57.7 Å². The van der Waals surface area contributed by atoms with E-state index in [4.69, 9.17) is 0 Å². The first kappa shape index (κ1) is 14.0. The fourth-order valence-electron chi connectivity index (χ4n) is 2.75. The third kappa shape index (κ3) is 2.92. The van der Waals surface area contributed by atoms with Crippen LogP contribution < -0.4 is 0 Å². The van der Waals surface area contributed by atoms with Crippen LogP contribution in [0.5, 0.6) is 0 Å². The Balaban J connectivity index is 1.97. The monoisotopic (exact) mass is 274 g/mol. The molecule has 0 aliphatic carbocycles. The van der Waals surface area contributed by atoms with Crippen LogP contribution in [0.25, 0.3) is 0 Å². The van der Waals surface area contributed by atoms with Crippen molar-refractivity contribution in [3.05, 3.63) is 0 Å². The second-order valence-corrected chi connectivity index (χ2v) is 7.18. The Morgan fingerprint density at radius 3 is 1.94 bits per heavy atom. The zero-order chi connectivity index (χ0) is 13.2. The minimum absolute atomic E-state index is 0.0535. The highest BCUT2D eigenvalue weighted by molar-refractivity contribution is 7.86. The predicted octanol–water partition coefficient (Wildman–Crippen LogP) is 1.02. The molecule has 0 saturated carbocycles. The molecular formula is C12H22N2O3S. The highest BCUT2D eigenvalue weighted by Crippen LogP contribution is 2.23. The van der Waals surface area contributed by atoms with Gasteiger partial charge in [-0.15, -0.1) is 0 Å². The number of Topliss-reactive ketones (excluding diaryl/α,β-unsaturated/α-hetero) is 1. The summed E-state index contributed by atoms with van der Waals surface area (Å²) in [5.41, 5.74) is 0. The lowest BCUT2D eigenvalue weighted by Gasteiger charge is -2.35. The molecule has 0 unspecified atom stereocenters. The molecule has 0 atom stereocenters. The molecule has 5 nitrogen and oxygen atoms in total. The van der Waals surface area contributed by atoms with E-state index in [1.54, 1.807) is 15.5 Å². The summed E-state index contributed by atoms with van der Waals surface area (Å²) in [5, 5.41) is 0. The summed E-state index contributed by atoms with van der Waals surface area (Å²) < 4.78 is 27.9. The van der Waals surface area contributed by atoms with E-state index in [1.807, 2.05) is 0 Å². The molecule has 0 aromatic carbocycles. The minimum atomic E-state index is -3.28. The molecule has 0 bridgehead atoms. The van der Waals surface area contributed by atoms with E-state index in [-0.39, 0.29) is 11.7 Å². The number of carbonyl (C=O) groups excluding carboxylic acids is 1. The summed E-state index contributed by atoms with van der Waals surface area (Å²) in [5.74, 6) is 0.239. The van der Waals surface area contributed by atoms with E-state index in [9.17, 15) is 13.2 Å². The summed E-state index contributed by atoms with van der Waals surface area (Å²) in [6, 6.07) is 0. The molecule has 0 N–H and O–H groups in total. The van der Waals surface area contributed by atoms with E-state index in [2.05, 4.69) is 0 Å². The molecule has 6 heteroatoms. The summed E-state index contributed by atoms with van der Waals surface area (Å²) >= 11 is 0. The number of nitrogens with zero attached hydrogens (tertiary/aromatic N) is 2. The van der Waals surface area contributed by atoms with Crippen molar-refractivity contribution in [3.63, 3.8) is 0 Å². The van der Waals surface area contributed by atoms with Crippen molar-refractivity contribution >= 4 is 16.0 Å². The molecule has 2 saturated heterocycles. The fourth-order valence-corrected chi connectivity index (χ4v) is 4.47. The van der Waals surface area contributed by atoms with Gasteiger partial charge in [-0.25, -0.2) is 0 Å². The van der Waals surface area contributed by atoms with Crippen LogP contribution in [0.15, 0.2) is 0 Å². The van der Waals surface area contributed by atoms with E-state index in [1.165, 1.54) is 0 Å². The first-order chi connectivity index (χ1) is 8.51. The van der Waals surface area contributed by atoms with Gasteiger partial charge in [0.15, 0.2) is 0 Å². The normalized spacial score (nSPS) is 25.2. The van der Waals surface area contributed by atoms with Crippen molar-refractivity contribution in [1.82, 2.24) is 8.61 Å². The van der Waals surface area contributed by atoms with E-state index in [0.29, 0.717) is 39.0 Å². The third-order valence-corrected chi connectivity index (χ3v) is 6.03. The SMILES string of the molecule is CC(=O)C1CCN(S(=O)(=O)N2CCCCC2)CC1. The number of hydrogen-bond donors (Lipinski definition) is 0. The van der Waals surface area contributed by atoms with Crippen molar-refractivity contribution in [3.8, 4) is 0 Å². The van der Waals surface area contributed by atoms with Gasteiger partial charge in [0.05, 0.1) is 0 Å². The van der Waals surface area contributed by atoms with Crippen LogP contribution in [-0.2, 0) is 15.0 Å². The zero-order valence-corrected chi connectivity index (χ0v) is 11.8. The maximum absolute atomic E-state index is 12.4. The van der Waals surface area contributed by atoms with Gasteiger partial charge in [0.25, 0.3) is 10.2 Å². The first-order valence-corrected chi connectivity index (χ1v) is 8.17. The van der Waals surface area contributed by atoms with Crippen LogP contribution in [-0.4, -0.2) is 49.0 Å². The Morgan fingerprint density at radius 2 is 1.44 bits per heavy atom. The molecule has 2 rings (SSSR count). The molecule has 2 fully saturated rings. The van der Waals surface area contributed by atoms with Gasteiger partial charge in [0, 0.05) is 32.1 Å². The number of rotatable bonds is 3. The van der Waals surface area contributed by atoms with Crippen LogP contribution in [0, 0.1) is 5.92 Å². The van der Waals surface area contributed by atoms with Crippen molar-refractivity contribution in [2.24, 2.45) is 5.92 Å². The van der Waals surface area contributed by atoms with Gasteiger partial charge in [-0.1, -0.05) is 6.42 Å². The lowest BCUT2D eigenvalue weighted by Crippen LogP contribution is -2.49. The van der Waals surface area contributed by atoms with Crippen molar-refractivity contribution in [1.29, 1.82) is 0 Å². The van der Waals surface area contributed by atoms with Gasteiger partial charge < -0.3 is 0 Å². The van der Waals surface area contributed by atoms with Gasteiger partial charge in [-0.2, -0.15) is 17.0 Å². The predicted molar refractivity (Wildman–Crippen MR) is 69.3 cm³/mol. The molecule has 104 valence electrons. The Hall–Kier alpha value is -0.460. The molecular weight excluding hydrogens is 252 g/mol. The Morgan fingerprint density at radius 1 is 0.944 bits per heavy atom. The Kier molecular flexibility index (Phi) is 4.40. The Labute approximate surface area is 109 Å². The van der Waals surface area contributed by atoms with E-state index >= 15 is 0 Å². The molecule has 0 aromatic rings. The van der Waals surface area contributed by atoms with E-state index in [0.717, 1.165) is 19.3 Å². The first-order valence-electron chi connectivity index (χ1n) is 6.77. The van der Waals surface area contributed by atoms with Crippen molar-refractivity contribution in [2.45, 2.75) is 39.0 Å². The highest BCUT2D eigenvalue weighted by Gasteiger charge is 2.34. The van der Waals surface area contributed by atoms with Gasteiger partial charge in [0.2, 0.25) is 0 Å². The van der Waals surface area contributed by atoms with Crippen LogP contribution >= 0.6 is 0 Å².